The van der Waals surface area contributed by atoms with Crippen molar-refractivity contribution in [2.75, 3.05) is 13.2 Å². The van der Waals surface area contributed by atoms with Crippen molar-refractivity contribution in [3.8, 4) is 6.07 Å². The van der Waals surface area contributed by atoms with E-state index in [2.05, 4.69) is 30.4 Å². The fourth-order valence-electron chi connectivity index (χ4n) is 3.16. The van der Waals surface area contributed by atoms with Gasteiger partial charge in [-0.15, -0.1) is 0 Å². The number of aryl methyl sites for hydroxylation is 1. The van der Waals surface area contributed by atoms with Crippen LogP contribution in [0.25, 0.3) is 0 Å². The molecule has 0 bridgehead atoms. The number of carbonyl (C=O) groups is 1. The molecule has 4 nitrogen and oxygen atoms in total. The van der Waals surface area contributed by atoms with Gasteiger partial charge in [-0.05, 0) is 36.8 Å². The lowest BCUT2D eigenvalue weighted by Crippen LogP contribution is -2.40. The normalized spacial score (nSPS) is 28.7. The molecule has 4 heteroatoms. The van der Waals surface area contributed by atoms with Crippen molar-refractivity contribution in [1.29, 1.82) is 5.26 Å². The SMILES string of the molecule is Cc1ccccc1[C@@H]1C[C@@H]1C(=O)N[C@H](C#N)[C@@H]1CCOC1. The lowest BCUT2D eigenvalue weighted by Gasteiger charge is -2.16. The Hall–Kier alpha value is -1.86. The Balaban J connectivity index is 1.60. The second kappa shape index (κ2) is 5.87. The van der Waals surface area contributed by atoms with E-state index in [4.69, 9.17) is 4.74 Å². The first-order valence-electron chi connectivity index (χ1n) is 7.54. The number of carbonyl (C=O) groups excluding carboxylic acids is 1. The maximum Gasteiger partial charge on any atom is 0.224 e. The monoisotopic (exact) mass is 284 g/mol. The number of rotatable bonds is 4. The molecule has 0 spiro atoms. The summed E-state index contributed by atoms with van der Waals surface area (Å²) < 4.78 is 5.30. The molecule has 0 aromatic heterocycles. The minimum Gasteiger partial charge on any atom is -0.381 e. The topological polar surface area (TPSA) is 62.1 Å². The Morgan fingerprint density at radius 3 is 2.95 bits per heavy atom. The van der Waals surface area contributed by atoms with Gasteiger partial charge in [0.2, 0.25) is 5.91 Å². The van der Waals surface area contributed by atoms with Crippen LogP contribution in [0, 0.1) is 30.1 Å². The highest BCUT2D eigenvalue weighted by molar-refractivity contribution is 5.83. The first-order valence-corrected chi connectivity index (χ1v) is 7.54. The quantitative estimate of drug-likeness (QED) is 0.921. The second-order valence-corrected chi connectivity index (χ2v) is 6.04. The van der Waals surface area contributed by atoms with E-state index in [1.165, 1.54) is 11.1 Å². The van der Waals surface area contributed by atoms with Gasteiger partial charge in [-0.25, -0.2) is 0 Å². The molecule has 1 aliphatic carbocycles. The molecule has 0 radical (unpaired) electrons. The van der Waals surface area contributed by atoms with Gasteiger partial charge in [0, 0.05) is 18.4 Å². The van der Waals surface area contributed by atoms with Crippen molar-refractivity contribution in [3.05, 3.63) is 35.4 Å². The van der Waals surface area contributed by atoms with Crippen molar-refractivity contribution < 1.29 is 9.53 Å². The number of benzene rings is 1. The highest BCUT2D eigenvalue weighted by Gasteiger charge is 2.45. The summed E-state index contributed by atoms with van der Waals surface area (Å²) in [4.78, 5) is 12.3. The third-order valence-corrected chi connectivity index (χ3v) is 4.59. The zero-order chi connectivity index (χ0) is 14.8. The van der Waals surface area contributed by atoms with Crippen LogP contribution in [0.5, 0.6) is 0 Å². The first-order chi connectivity index (χ1) is 10.2. The number of ether oxygens (including phenoxy) is 1. The summed E-state index contributed by atoms with van der Waals surface area (Å²) in [7, 11) is 0. The number of amides is 1. The van der Waals surface area contributed by atoms with Crippen molar-refractivity contribution >= 4 is 5.91 Å². The van der Waals surface area contributed by atoms with Gasteiger partial charge in [0.05, 0.1) is 12.7 Å². The Morgan fingerprint density at radius 2 is 2.29 bits per heavy atom. The van der Waals surface area contributed by atoms with E-state index in [0.717, 1.165) is 12.8 Å². The molecule has 110 valence electrons. The summed E-state index contributed by atoms with van der Waals surface area (Å²) in [5.74, 6) is 0.478. The number of hydrogen-bond donors (Lipinski definition) is 1. The molecule has 1 heterocycles. The Labute approximate surface area is 125 Å². The Bertz CT molecular complexity index is 572. The Kier molecular flexibility index (Phi) is 3.94. The van der Waals surface area contributed by atoms with Gasteiger partial charge in [-0.3, -0.25) is 4.79 Å². The fraction of sp³-hybridized carbons (Fsp3) is 0.529. The largest absolute Gasteiger partial charge is 0.381 e. The molecule has 1 saturated heterocycles. The molecule has 1 aliphatic heterocycles. The highest BCUT2D eigenvalue weighted by atomic mass is 16.5. The highest BCUT2D eigenvalue weighted by Crippen LogP contribution is 2.48. The van der Waals surface area contributed by atoms with Gasteiger partial charge >= 0.3 is 0 Å². The van der Waals surface area contributed by atoms with Gasteiger partial charge in [-0.2, -0.15) is 5.26 Å². The summed E-state index contributed by atoms with van der Waals surface area (Å²) in [5.41, 5.74) is 2.49. The van der Waals surface area contributed by atoms with Crippen LogP contribution in [0.1, 0.15) is 29.9 Å². The third kappa shape index (κ3) is 2.93. The van der Waals surface area contributed by atoms with E-state index in [1.54, 1.807) is 0 Å². The number of nitrogens with one attached hydrogen (secondary N) is 1. The molecule has 0 unspecified atom stereocenters. The zero-order valence-corrected chi connectivity index (χ0v) is 12.2. The molecule has 1 saturated carbocycles. The molecule has 1 amide bonds. The average Bonchev–Trinajstić information content (AvgIpc) is 3.10. The summed E-state index contributed by atoms with van der Waals surface area (Å²) in [6.45, 7) is 3.34. The van der Waals surface area contributed by atoms with Crippen LogP contribution in [-0.2, 0) is 9.53 Å². The lowest BCUT2D eigenvalue weighted by atomic mass is 9.99. The molecule has 21 heavy (non-hydrogen) atoms. The predicted octanol–water partition coefficient (Wildman–Crippen LogP) is 2.14. The van der Waals surface area contributed by atoms with E-state index in [9.17, 15) is 10.1 Å². The fourth-order valence-corrected chi connectivity index (χ4v) is 3.16. The summed E-state index contributed by atoms with van der Waals surface area (Å²) in [6.07, 6.45) is 1.74. The van der Waals surface area contributed by atoms with Gasteiger partial charge in [-0.1, -0.05) is 24.3 Å². The van der Waals surface area contributed by atoms with Gasteiger partial charge in [0.25, 0.3) is 0 Å². The van der Waals surface area contributed by atoms with Crippen LogP contribution < -0.4 is 5.32 Å². The molecule has 4 atom stereocenters. The maximum absolute atomic E-state index is 12.3. The lowest BCUT2D eigenvalue weighted by molar-refractivity contribution is -0.123. The van der Waals surface area contributed by atoms with Gasteiger partial charge < -0.3 is 10.1 Å². The molecular formula is C17H20N2O2. The minimum absolute atomic E-state index is 0.0155. The van der Waals surface area contributed by atoms with Crippen LogP contribution in [0.4, 0.5) is 0 Å². The summed E-state index contributed by atoms with van der Waals surface area (Å²) >= 11 is 0. The van der Waals surface area contributed by atoms with E-state index in [0.29, 0.717) is 19.1 Å². The second-order valence-electron chi connectivity index (χ2n) is 6.04. The molecule has 2 aliphatic rings. The first kappa shape index (κ1) is 14.1. The van der Waals surface area contributed by atoms with Crippen molar-refractivity contribution in [2.24, 2.45) is 11.8 Å². The molecule has 3 rings (SSSR count). The standard InChI is InChI=1S/C17H20N2O2/c1-11-4-2-3-5-13(11)14-8-15(14)17(20)19-16(9-18)12-6-7-21-10-12/h2-5,12,14-16H,6-8,10H2,1H3,(H,19,20)/t12-,14+,15+,16-/m1/s1. The average molecular weight is 284 g/mol. The third-order valence-electron chi connectivity index (χ3n) is 4.59. The molecular weight excluding hydrogens is 264 g/mol. The van der Waals surface area contributed by atoms with Crippen LogP contribution in [0.15, 0.2) is 24.3 Å². The van der Waals surface area contributed by atoms with Crippen LogP contribution in [0.2, 0.25) is 0 Å². The van der Waals surface area contributed by atoms with Crippen LogP contribution >= 0.6 is 0 Å². The minimum atomic E-state index is -0.418. The molecule has 1 aromatic rings. The van der Waals surface area contributed by atoms with Crippen LogP contribution in [-0.4, -0.2) is 25.2 Å². The number of hydrogen-bond acceptors (Lipinski definition) is 3. The smallest absolute Gasteiger partial charge is 0.224 e. The summed E-state index contributed by atoms with van der Waals surface area (Å²) in [5, 5.41) is 12.2. The van der Waals surface area contributed by atoms with Crippen molar-refractivity contribution in [1.82, 2.24) is 5.32 Å². The van der Waals surface area contributed by atoms with Crippen LogP contribution in [0.3, 0.4) is 0 Å². The zero-order valence-electron chi connectivity index (χ0n) is 12.2. The van der Waals surface area contributed by atoms with E-state index in [-0.39, 0.29) is 17.7 Å². The summed E-state index contributed by atoms with van der Waals surface area (Å²) in [6, 6.07) is 10.0. The molecule has 1 N–H and O–H groups in total. The van der Waals surface area contributed by atoms with Crippen molar-refractivity contribution in [3.63, 3.8) is 0 Å². The van der Waals surface area contributed by atoms with E-state index in [1.807, 2.05) is 12.1 Å². The molecule has 2 fully saturated rings. The van der Waals surface area contributed by atoms with Gasteiger partial charge in [0.15, 0.2) is 0 Å². The van der Waals surface area contributed by atoms with Gasteiger partial charge in [0.1, 0.15) is 6.04 Å². The van der Waals surface area contributed by atoms with E-state index >= 15 is 0 Å². The number of nitrogens with zero attached hydrogens (tertiary/aromatic N) is 1. The molecule has 1 aromatic carbocycles. The Morgan fingerprint density at radius 1 is 1.48 bits per heavy atom. The van der Waals surface area contributed by atoms with E-state index < -0.39 is 6.04 Å². The number of nitriles is 1. The maximum atomic E-state index is 12.3. The van der Waals surface area contributed by atoms with Crippen molar-refractivity contribution in [2.45, 2.75) is 31.7 Å². The predicted molar refractivity (Wildman–Crippen MR) is 78.5 cm³/mol.